The van der Waals surface area contributed by atoms with E-state index in [-0.39, 0.29) is 17.9 Å². The average Bonchev–Trinajstić information content (AvgIpc) is 3.14. The molecule has 0 aromatic heterocycles. The topological polar surface area (TPSA) is 53.1 Å². The molecule has 1 aromatic rings. The number of para-hydroxylation sites is 1. The van der Waals surface area contributed by atoms with Gasteiger partial charge < -0.3 is 14.5 Å². The molecule has 2 amide bonds. The Kier molecular flexibility index (Phi) is 5.58. The van der Waals surface area contributed by atoms with Gasteiger partial charge in [-0.3, -0.25) is 14.5 Å². The van der Waals surface area contributed by atoms with Gasteiger partial charge in [-0.15, -0.1) is 0 Å². The van der Waals surface area contributed by atoms with Crippen LogP contribution in [0.15, 0.2) is 24.3 Å². The zero-order valence-corrected chi connectivity index (χ0v) is 15.1. The number of hydrogen-bond acceptors (Lipinski definition) is 4. The Morgan fingerprint density at radius 1 is 1.12 bits per heavy atom. The minimum atomic E-state index is -0.163. The van der Waals surface area contributed by atoms with Crippen LogP contribution >= 0.6 is 0 Å². The molecule has 3 rings (SSSR count). The number of likely N-dealkylation sites (tertiary alicyclic amines) is 1. The summed E-state index contributed by atoms with van der Waals surface area (Å²) >= 11 is 0. The summed E-state index contributed by atoms with van der Waals surface area (Å²) in [5.74, 6) is 0.949. The quantitative estimate of drug-likeness (QED) is 0.830. The Morgan fingerprint density at radius 3 is 2.52 bits per heavy atom. The zero-order chi connectivity index (χ0) is 17.8. The molecule has 2 saturated heterocycles. The van der Waals surface area contributed by atoms with Crippen molar-refractivity contribution < 1.29 is 14.3 Å². The second kappa shape index (κ2) is 7.87. The zero-order valence-electron chi connectivity index (χ0n) is 15.1. The van der Waals surface area contributed by atoms with Crippen LogP contribution in [0.1, 0.15) is 31.4 Å². The second-order valence-electron chi connectivity index (χ2n) is 6.79. The number of hydrogen-bond donors (Lipinski definition) is 0. The van der Waals surface area contributed by atoms with Crippen molar-refractivity contribution in [3.05, 3.63) is 29.8 Å². The van der Waals surface area contributed by atoms with E-state index in [4.69, 9.17) is 4.74 Å². The molecular weight excluding hydrogens is 318 g/mol. The molecule has 0 aliphatic carbocycles. The van der Waals surface area contributed by atoms with Gasteiger partial charge >= 0.3 is 0 Å². The molecule has 0 N–H and O–H groups in total. The summed E-state index contributed by atoms with van der Waals surface area (Å²) < 4.78 is 5.50. The average molecular weight is 345 g/mol. The molecule has 1 atom stereocenters. The van der Waals surface area contributed by atoms with Crippen molar-refractivity contribution in [2.75, 3.05) is 46.4 Å². The number of amides is 2. The summed E-state index contributed by atoms with van der Waals surface area (Å²) in [5, 5.41) is 0. The van der Waals surface area contributed by atoms with Crippen LogP contribution in [0.4, 0.5) is 0 Å². The summed E-state index contributed by atoms with van der Waals surface area (Å²) in [6.07, 6.45) is 2.34. The smallest absolute Gasteiger partial charge is 0.237 e. The van der Waals surface area contributed by atoms with Crippen molar-refractivity contribution in [2.45, 2.75) is 25.8 Å². The number of carbonyl (C=O) groups is 2. The Labute approximate surface area is 149 Å². The van der Waals surface area contributed by atoms with Crippen molar-refractivity contribution >= 4 is 11.8 Å². The Bertz CT molecular complexity index is 628. The third-order valence-corrected chi connectivity index (χ3v) is 5.20. The van der Waals surface area contributed by atoms with E-state index in [1.54, 1.807) is 14.0 Å². The second-order valence-corrected chi connectivity index (χ2v) is 6.79. The van der Waals surface area contributed by atoms with Gasteiger partial charge in [-0.2, -0.15) is 0 Å². The van der Waals surface area contributed by atoms with E-state index in [1.165, 1.54) is 12.8 Å². The fourth-order valence-corrected chi connectivity index (χ4v) is 3.80. The van der Waals surface area contributed by atoms with E-state index in [2.05, 4.69) is 4.90 Å². The van der Waals surface area contributed by atoms with Crippen molar-refractivity contribution in [1.82, 2.24) is 14.7 Å². The van der Waals surface area contributed by atoms with Crippen LogP contribution < -0.4 is 4.74 Å². The normalized spacial score (nSPS) is 21.4. The third kappa shape index (κ3) is 3.95. The highest BCUT2D eigenvalue weighted by atomic mass is 16.5. The van der Waals surface area contributed by atoms with Crippen LogP contribution in [-0.2, 0) is 9.59 Å². The highest BCUT2D eigenvalue weighted by molar-refractivity contribution is 5.80. The van der Waals surface area contributed by atoms with Crippen molar-refractivity contribution in [1.29, 1.82) is 0 Å². The van der Waals surface area contributed by atoms with Crippen LogP contribution in [0.5, 0.6) is 5.75 Å². The fourth-order valence-electron chi connectivity index (χ4n) is 3.80. The first kappa shape index (κ1) is 17.7. The van der Waals surface area contributed by atoms with Gasteiger partial charge in [-0.1, -0.05) is 18.2 Å². The first-order valence-corrected chi connectivity index (χ1v) is 9.00. The first-order chi connectivity index (χ1) is 12.1. The van der Waals surface area contributed by atoms with E-state index in [0.29, 0.717) is 26.2 Å². The molecule has 6 heteroatoms. The predicted octanol–water partition coefficient (Wildman–Crippen LogP) is 1.52. The van der Waals surface area contributed by atoms with Gasteiger partial charge in [0.15, 0.2) is 0 Å². The van der Waals surface area contributed by atoms with Gasteiger partial charge in [0.2, 0.25) is 11.8 Å². The van der Waals surface area contributed by atoms with E-state index in [1.807, 2.05) is 34.1 Å². The number of benzene rings is 1. The van der Waals surface area contributed by atoms with Crippen LogP contribution in [0.2, 0.25) is 0 Å². The van der Waals surface area contributed by atoms with Gasteiger partial charge in [0.25, 0.3) is 0 Å². The summed E-state index contributed by atoms with van der Waals surface area (Å²) in [4.78, 5) is 30.8. The third-order valence-electron chi connectivity index (χ3n) is 5.20. The summed E-state index contributed by atoms with van der Waals surface area (Å²) in [6.45, 7) is 5.72. The lowest BCUT2D eigenvalue weighted by molar-refractivity contribution is -0.142. The number of carbonyl (C=O) groups excluding carboxylic acids is 2. The molecule has 6 nitrogen and oxygen atoms in total. The molecular formula is C19H27N3O3. The molecule has 136 valence electrons. The predicted molar refractivity (Wildman–Crippen MR) is 95.4 cm³/mol. The van der Waals surface area contributed by atoms with E-state index in [0.717, 1.165) is 24.4 Å². The molecule has 2 aliphatic rings. The Morgan fingerprint density at radius 2 is 1.84 bits per heavy atom. The number of piperazine rings is 1. The molecule has 2 fully saturated rings. The maximum atomic E-state index is 13.0. The fraction of sp³-hybridized carbons (Fsp3) is 0.579. The molecule has 2 aliphatic heterocycles. The molecule has 0 radical (unpaired) electrons. The highest BCUT2D eigenvalue weighted by Crippen LogP contribution is 2.32. The van der Waals surface area contributed by atoms with Crippen LogP contribution in [0.3, 0.4) is 0 Å². The summed E-state index contributed by atoms with van der Waals surface area (Å²) in [5.41, 5.74) is 0.964. The van der Waals surface area contributed by atoms with E-state index in [9.17, 15) is 9.59 Å². The largest absolute Gasteiger partial charge is 0.496 e. The van der Waals surface area contributed by atoms with Crippen LogP contribution in [0, 0.1) is 0 Å². The maximum Gasteiger partial charge on any atom is 0.237 e. The van der Waals surface area contributed by atoms with Crippen molar-refractivity contribution in [2.24, 2.45) is 0 Å². The molecule has 1 aromatic carbocycles. The number of rotatable bonds is 4. The number of nitrogens with zero attached hydrogens (tertiary/aromatic N) is 3. The maximum absolute atomic E-state index is 13.0. The van der Waals surface area contributed by atoms with E-state index >= 15 is 0 Å². The SMILES string of the molecule is COc1ccccc1[C@@H]1CN(C(C)=O)CCN1C(=O)CN1CCCC1. The lowest BCUT2D eigenvalue weighted by Crippen LogP contribution is -2.53. The summed E-state index contributed by atoms with van der Waals surface area (Å²) in [6, 6.07) is 7.61. The van der Waals surface area contributed by atoms with Crippen LogP contribution in [-0.4, -0.2) is 72.9 Å². The van der Waals surface area contributed by atoms with Crippen molar-refractivity contribution in [3.63, 3.8) is 0 Å². The minimum Gasteiger partial charge on any atom is -0.496 e. The van der Waals surface area contributed by atoms with Gasteiger partial charge in [0, 0.05) is 32.1 Å². The molecule has 0 saturated carbocycles. The Balaban J connectivity index is 1.83. The minimum absolute atomic E-state index is 0.0477. The first-order valence-electron chi connectivity index (χ1n) is 9.00. The van der Waals surface area contributed by atoms with E-state index < -0.39 is 0 Å². The molecule has 0 spiro atoms. The lowest BCUT2D eigenvalue weighted by Gasteiger charge is -2.42. The monoisotopic (exact) mass is 345 g/mol. The standard InChI is InChI=1S/C19H27N3O3/c1-15(23)21-11-12-22(19(24)14-20-9-5-6-10-20)17(13-21)16-7-3-4-8-18(16)25-2/h3-4,7-8,17H,5-6,9-14H2,1-2H3/t17-/m0/s1. The number of ether oxygens (including phenoxy) is 1. The highest BCUT2D eigenvalue weighted by Gasteiger charge is 2.34. The molecule has 0 unspecified atom stereocenters. The van der Waals surface area contributed by atoms with Gasteiger partial charge in [0.05, 0.1) is 19.7 Å². The van der Waals surface area contributed by atoms with Gasteiger partial charge in [0.1, 0.15) is 5.75 Å². The van der Waals surface area contributed by atoms with Gasteiger partial charge in [-0.05, 0) is 32.0 Å². The molecule has 25 heavy (non-hydrogen) atoms. The summed E-state index contributed by atoms with van der Waals surface area (Å²) in [7, 11) is 1.64. The van der Waals surface area contributed by atoms with Crippen LogP contribution in [0.25, 0.3) is 0 Å². The molecule has 2 heterocycles. The Hall–Kier alpha value is -2.08. The van der Waals surface area contributed by atoms with Gasteiger partial charge in [-0.25, -0.2) is 0 Å². The number of methoxy groups -OCH3 is 1. The van der Waals surface area contributed by atoms with Crippen molar-refractivity contribution in [3.8, 4) is 5.75 Å². The molecule has 0 bridgehead atoms. The lowest BCUT2D eigenvalue weighted by atomic mass is 10.0.